The summed E-state index contributed by atoms with van der Waals surface area (Å²) in [7, 11) is 0. The Morgan fingerprint density at radius 3 is 2.44 bits per heavy atom. The van der Waals surface area contributed by atoms with Crippen molar-refractivity contribution >= 4 is 28.7 Å². The van der Waals surface area contributed by atoms with Crippen LogP contribution < -0.4 is 11.1 Å². The second kappa shape index (κ2) is 4.45. The molecule has 0 fully saturated rings. The molecule has 0 amide bonds. The third-order valence-electron chi connectivity index (χ3n) is 2.38. The first-order valence-electron chi connectivity index (χ1n) is 5.04. The molecule has 0 saturated heterocycles. The standard InChI is InChI=1S/C13H13ClN2/c1-9-5-7-10(8-6-9)16-12-4-2-3-11(14)13(12)15/h2-8,16H,15H2,1H3. The molecule has 2 aromatic rings. The van der Waals surface area contributed by atoms with E-state index in [9.17, 15) is 0 Å². The molecule has 0 spiro atoms. The van der Waals surface area contributed by atoms with E-state index in [1.54, 1.807) is 6.07 Å². The van der Waals surface area contributed by atoms with Crippen LogP contribution in [0.2, 0.25) is 5.02 Å². The number of anilines is 3. The van der Waals surface area contributed by atoms with Gasteiger partial charge in [0.2, 0.25) is 0 Å². The van der Waals surface area contributed by atoms with Crippen molar-refractivity contribution in [2.75, 3.05) is 11.1 Å². The Morgan fingerprint density at radius 1 is 1.06 bits per heavy atom. The van der Waals surface area contributed by atoms with Gasteiger partial charge >= 0.3 is 0 Å². The van der Waals surface area contributed by atoms with E-state index in [4.69, 9.17) is 17.3 Å². The number of rotatable bonds is 2. The van der Waals surface area contributed by atoms with Crippen molar-refractivity contribution in [3.8, 4) is 0 Å². The molecule has 2 rings (SSSR count). The van der Waals surface area contributed by atoms with Crippen LogP contribution in [0.4, 0.5) is 17.1 Å². The zero-order valence-corrected chi connectivity index (χ0v) is 9.75. The molecular weight excluding hydrogens is 220 g/mol. The van der Waals surface area contributed by atoms with Gasteiger partial charge in [0.1, 0.15) is 0 Å². The number of para-hydroxylation sites is 1. The molecule has 0 saturated carbocycles. The lowest BCUT2D eigenvalue weighted by molar-refractivity contribution is 1.45. The predicted molar refractivity (Wildman–Crippen MR) is 70.3 cm³/mol. The summed E-state index contributed by atoms with van der Waals surface area (Å²) < 4.78 is 0. The van der Waals surface area contributed by atoms with Crippen LogP contribution in [0.1, 0.15) is 5.56 Å². The fourth-order valence-electron chi connectivity index (χ4n) is 1.44. The van der Waals surface area contributed by atoms with Gasteiger partial charge in [-0.3, -0.25) is 0 Å². The monoisotopic (exact) mass is 232 g/mol. The maximum absolute atomic E-state index is 5.94. The smallest absolute Gasteiger partial charge is 0.0742 e. The molecule has 3 N–H and O–H groups in total. The Morgan fingerprint density at radius 2 is 1.75 bits per heavy atom. The first-order chi connectivity index (χ1) is 7.66. The molecule has 3 heteroatoms. The Balaban J connectivity index is 2.27. The van der Waals surface area contributed by atoms with Crippen LogP contribution in [0.3, 0.4) is 0 Å². The molecule has 82 valence electrons. The van der Waals surface area contributed by atoms with Crippen molar-refractivity contribution in [3.05, 3.63) is 53.1 Å². The molecule has 2 nitrogen and oxygen atoms in total. The van der Waals surface area contributed by atoms with Crippen LogP contribution in [0.15, 0.2) is 42.5 Å². The summed E-state index contributed by atoms with van der Waals surface area (Å²) in [6.07, 6.45) is 0. The van der Waals surface area contributed by atoms with Gasteiger partial charge < -0.3 is 11.1 Å². The van der Waals surface area contributed by atoms with Gasteiger partial charge in [-0.2, -0.15) is 0 Å². The quantitative estimate of drug-likeness (QED) is 0.769. The molecule has 0 bridgehead atoms. The van der Waals surface area contributed by atoms with E-state index in [2.05, 4.69) is 12.2 Å². The number of hydrogen-bond acceptors (Lipinski definition) is 2. The fourth-order valence-corrected chi connectivity index (χ4v) is 1.61. The molecule has 0 aliphatic rings. The van der Waals surface area contributed by atoms with E-state index in [1.165, 1.54) is 5.56 Å². The second-order valence-electron chi connectivity index (χ2n) is 3.69. The third kappa shape index (κ3) is 2.28. The first-order valence-corrected chi connectivity index (χ1v) is 5.42. The average molecular weight is 233 g/mol. The van der Waals surface area contributed by atoms with Gasteiger partial charge in [0, 0.05) is 5.69 Å². The maximum atomic E-state index is 5.94. The number of nitrogens with two attached hydrogens (primary N) is 1. The number of hydrogen-bond donors (Lipinski definition) is 2. The van der Waals surface area contributed by atoms with E-state index in [0.29, 0.717) is 10.7 Å². The van der Waals surface area contributed by atoms with Gasteiger partial charge in [-0.1, -0.05) is 35.4 Å². The highest BCUT2D eigenvalue weighted by molar-refractivity contribution is 6.33. The van der Waals surface area contributed by atoms with Crippen LogP contribution in [0.25, 0.3) is 0 Å². The fraction of sp³-hybridized carbons (Fsp3) is 0.0769. The van der Waals surface area contributed by atoms with Crippen LogP contribution in [0.5, 0.6) is 0 Å². The van der Waals surface area contributed by atoms with E-state index >= 15 is 0 Å². The highest BCUT2D eigenvalue weighted by Gasteiger charge is 2.02. The minimum absolute atomic E-state index is 0.567. The highest BCUT2D eigenvalue weighted by Crippen LogP contribution is 2.29. The number of nitrogen functional groups attached to an aromatic ring is 1. The van der Waals surface area contributed by atoms with E-state index in [0.717, 1.165) is 11.4 Å². The molecule has 0 radical (unpaired) electrons. The van der Waals surface area contributed by atoms with Gasteiger partial charge in [-0.15, -0.1) is 0 Å². The van der Waals surface area contributed by atoms with E-state index in [1.807, 2.05) is 36.4 Å². The Hall–Kier alpha value is -1.67. The molecule has 0 heterocycles. The van der Waals surface area contributed by atoms with Crippen LogP contribution in [0, 0.1) is 6.92 Å². The van der Waals surface area contributed by atoms with Gasteiger partial charge in [-0.25, -0.2) is 0 Å². The topological polar surface area (TPSA) is 38.0 Å². The summed E-state index contributed by atoms with van der Waals surface area (Å²) in [5.74, 6) is 0. The van der Waals surface area contributed by atoms with Crippen molar-refractivity contribution in [1.82, 2.24) is 0 Å². The minimum Gasteiger partial charge on any atom is -0.396 e. The third-order valence-corrected chi connectivity index (χ3v) is 2.71. The second-order valence-corrected chi connectivity index (χ2v) is 4.10. The lowest BCUT2D eigenvalue weighted by atomic mass is 10.2. The minimum atomic E-state index is 0.567. The SMILES string of the molecule is Cc1ccc(Nc2cccc(Cl)c2N)cc1. The van der Waals surface area contributed by atoms with Gasteiger partial charge in [-0.05, 0) is 31.2 Å². The molecular formula is C13H13ClN2. The maximum Gasteiger partial charge on any atom is 0.0742 e. The van der Waals surface area contributed by atoms with Gasteiger partial charge in [0.25, 0.3) is 0 Å². The molecule has 0 aliphatic heterocycles. The molecule has 0 aromatic heterocycles. The van der Waals surface area contributed by atoms with Crippen LogP contribution in [-0.2, 0) is 0 Å². The lowest BCUT2D eigenvalue weighted by Crippen LogP contribution is -1.96. The zero-order valence-electron chi connectivity index (χ0n) is 9.00. The summed E-state index contributed by atoms with van der Waals surface area (Å²) in [6.45, 7) is 2.05. The molecule has 16 heavy (non-hydrogen) atoms. The Kier molecular flexibility index (Phi) is 3.02. The van der Waals surface area contributed by atoms with Crippen molar-refractivity contribution < 1.29 is 0 Å². The van der Waals surface area contributed by atoms with Crippen LogP contribution in [-0.4, -0.2) is 0 Å². The first kappa shape index (κ1) is 10.8. The number of aryl methyl sites for hydroxylation is 1. The van der Waals surface area contributed by atoms with E-state index in [-0.39, 0.29) is 0 Å². The van der Waals surface area contributed by atoms with Gasteiger partial charge in [0.05, 0.1) is 16.4 Å². The van der Waals surface area contributed by atoms with Crippen molar-refractivity contribution in [1.29, 1.82) is 0 Å². The van der Waals surface area contributed by atoms with Crippen LogP contribution >= 0.6 is 11.6 Å². The Bertz CT molecular complexity index is 492. The van der Waals surface area contributed by atoms with Gasteiger partial charge in [0.15, 0.2) is 0 Å². The summed E-state index contributed by atoms with van der Waals surface area (Å²) in [4.78, 5) is 0. The molecule has 0 aliphatic carbocycles. The van der Waals surface area contributed by atoms with Crippen molar-refractivity contribution in [2.24, 2.45) is 0 Å². The number of halogens is 1. The van der Waals surface area contributed by atoms with Crippen molar-refractivity contribution in [2.45, 2.75) is 6.92 Å². The number of nitrogens with one attached hydrogen (secondary N) is 1. The Labute approximate surface area is 100 Å². The molecule has 2 aromatic carbocycles. The average Bonchev–Trinajstić information content (AvgIpc) is 2.28. The largest absolute Gasteiger partial charge is 0.396 e. The van der Waals surface area contributed by atoms with Crippen molar-refractivity contribution in [3.63, 3.8) is 0 Å². The zero-order chi connectivity index (χ0) is 11.5. The summed E-state index contributed by atoms with van der Waals surface area (Å²) in [5.41, 5.74) is 9.50. The molecule has 0 unspecified atom stereocenters. The molecule has 0 atom stereocenters. The predicted octanol–water partition coefficient (Wildman–Crippen LogP) is 3.97. The normalized spacial score (nSPS) is 10.1. The number of benzene rings is 2. The van der Waals surface area contributed by atoms with E-state index < -0.39 is 0 Å². The summed E-state index contributed by atoms with van der Waals surface area (Å²) in [6, 6.07) is 13.7. The summed E-state index contributed by atoms with van der Waals surface area (Å²) >= 11 is 5.94. The summed E-state index contributed by atoms with van der Waals surface area (Å²) in [5, 5.41) is 3.80. The highest BCUT2D eigenvalue weighted by atomic mass is 35.5. The lowest BCUT2D eigenvalue weighted by Gasteiger charge is -2.10.